The van der Waals surface area contributed by atoms with Crippen molar-refractivity contribution in [3.05, 3.63) is 147 Å². The number of hydrogen-bond acceptors (Lipinski definition) is 6. The monoisotopic (exact) mass is 691 g/mol. The zero-order chi connectivity index (χ0) is 31.5. The molecule has 5 aromatic rings. The topological polar surface area (TPSA) is 47.5 Å². The molecule has 4 aromatic carbocycles. The second-order valence-electron chi connectivity index (χ2n) is 12.3. The van der Waals surface area contributed by atoms with Crippen LogP contribution in [-0.2, 0) is 43.1 Å². The number of rotatable bonds is 9. The SMILES string of the molecule is CSc1nc2c(c(OCc3ccccc3)n1)CO[C@@]1(CC[C@H](C)c3ccc(N(Cc4ccccc4)Cc4ccccc4)c(Br)c31)C2. The summed E-state index contributed by atoms with van der Waals surface area (Å²) in [6.07, 6.45) is 4.69. The zero-order valence-corrected chi connectivity index (χ0v) is 28.7. The number of benzene rings is 4. The summed E-state index contributed by atoms with van der Waals surface area (Å²) in [5.74, 6) is 1.06. The Morgan fingerprint density at radius 1 is 0.870 bits per heavy atom. The molecule has 0 saturated carbocycles. The molecule has 2 aliphatic rings. The van der Waals surface area contributed by atoms with Crippen LogP contribution in [0.25, 0.3) is 0 Å². The molecule has 0 saturated heterocycles. The molecular formula is C39H38BrN3O2S. The average Bonchev–Trinajstić information content (AvgIpc) is 3.10. The van der Waals surface area contributed by atoms with Gasteiger partial charge >= 0.3 is 0 Å². The van der Waals surface area contributed by atoms with E-state index in [1.807, 2.05) is 24.5 Å². The van der Waals surface area contributed by atoms with E-state index in [2.05, 4.69) is 113 Å². The molecule has 0 amide bonds. The van der Waals surface area contributed by atoms with Crippen LogP contribution in [0.5, 0.6) is 5.88 Å². The molecule has 0 fully saturated rings. The number of hydrogen-bond donors (Lipinski definition) is 0. The van der Waals surface area contributed by atoms with Gasteiger partial charge in [0.25, 0.3) is 0 Å². The molecule has 7 rings (SSSR count). The van der Waals surface area contributed by atoms with Gasteiger partial charge in [-0.15, -0.1) is 0 Å². The van der Waals surface area contributed by atoms with Crippen LogP contribution < -0.4 is 9.64 Å². The highest BCUT2D eigenvalue weighted by Crippen LogP contribution is 2.53. The molecule has 1 spiro atoms. The summed E-state index contributed by atoms with van der Waals surface area (Å²) in [4.78, 5) is 12.3. The lowest BCUT2D eigenvalue weighted by atomic mass is 9.71. The average molecular weight is 693 g/mol. The lowest BCUT2D eigenvalue weighted by molar-refractivity contribution is -0.0888. The summed E-state index contributed by atoms with van der Waals surface area (Å²) in [6.45, 7) is 4.80. The maximum atomic E-state index is 7.01. The number of thioether (sulfide) groups is 1. The van der Waals surface area contributed by atoms with Gasteiger partial charge in [-0.2, -0.15) is 4.98 Å². The van der Waals surface area contributed by atoms with Gasteiger partial charge in [0.05, 0.1) is 23.6 Å². The van der Waals surface area contributed by atoms with Gasteiger partial charge in [0, 0.05) is 29.5 Å². The van der Waals surface area contributed by atoms with Gasteiger partial charge in [-0.1, -0.05) is 116 Å². The van der Waals surface area contributed by atoms with Crippen molar-refractivity contribution in [2.45, 2.75) is 69.2 Å². The summed E-state index contributed by atoms with van der Waals surface area (Å²) in [7, 11) is 0. The van der Waals surface area contributed by atoms with Crippen molar-refractivity contribution in [1.29, 1.82) is 0 Å². The fraction of sp³-hybridized carbons (Fsp3) is 0.282. The molecule has 1 aromatic heterocycles. The highest BCUT2D eigenvalue weighted by atomic mass is 79.9. The zero-order valence-electron chi connectivity index (χ0n) is 26.3. The van der Waals surface area contributed by atoms with E-state index in [4.69, 9.17) is 19.4 Å². The van der Waals surface area contributed by atoms with Crippen molar-refractivity contribution < 1.29 is 9.47 Å². The van der Waals surface area contributed by atoms with E-state index in [0.717, 1.165) is 52.4 Å². The quantitative estimate of drug-likeness (QED) is 0.113. The van der Waals surface area contributed by atoms with Crippen molar-refractivity contribution >= 4 is 33.4 Å². The van der Waals surface area contributed by atoms with Crippen LogP contribution in [-0.4, -0.2) is 16.2 Å². The third-order valence-corrected chi connectivity index (χ3v) is 10.6. The highest BCUT2D eigenvalue weighted by molar-refractivity contribution is 9.10. The van der Waals surface area contributed by atoms with Gasteiger partial charge in [-0.05, 0) is 69.3 Å². The van der Waals surface area contributed by atoms with Crippen molar-refractivity contribution in [3.8, 4) is 5.88 Å². The molecule has 5 nitrogen and oxygen atoms in total. The van der Waals surface area contributed by atoms with Gasteiger partial charge in [0.15, 0.2) is 5.16 Å². The van der Waals surface area contributed by atoms with Gasteiger partial charge in [0.1, 0.15) is 12.2 Å². The van der Waals surface area contributed by atoms with E-state index in [-0.39, 0.29) is 0 Å². The van der Waals surface area contributed by atoms with E-state index < -0.39 is 5.60 Å². The molecule has 0 bridgehead atoms. The standard InChI is InChI=1S/C39H38BrN3O2S/c1-27-20-21-39(22-33-32(26-45-39)37(42-38(41-33)46-2)44-25-30-16-10-5-11-17-30)35-31(27)18-19-34(36(35)40)43(23-28-12-6-3-7-13-28)24-29-14-8-4-9-15-29/h3-19,27H,20-26H2,1-2H3/t27-,39-/m0/s1. The molecule has 0 radical (unpaired) electrons. The van der Waals surface area contributed by atoms with Crippen LogP contribution in [0.1, 0.15) is 64.8 Å². The van der Waals surface area contributed by atoms with Crippen LogP contribution in [0.2, 0.25) is 0 Å². The van der Waals surface area contributed by atoms with Crippen LogP contribution >= 0.6 is 27.7 Å². The number of halogens is 1. The molecule has 2 atom stereocenters. The minimum Gasteiger partial charge on any atom is -0.472 e. The van der Waals surface area contributed by atoms with E-state index in [9.17, 15) is 0 Å². The van der Waals surface area contributed by atoms with E-state index in [0.29, 0.717) is 31.4 Å². The van der Waals surface area contributed by atoms with Gasteiger partial charge in [0.2, 0.25) is 5.88 Å². The number of fused-ring (bicyclic) bond motifs is 3. The molecular weight excluding hydrogens is 654 g/mol. The molecule has 7 heteroatoms. The fourth-order valence-electron chi connectivity index (χ4n) is 6.83. The Morgan fingerprint density at radius 2 is 1.50 bits per heavy atom. The van der Waals surface area contributed by atoms with Gasteiger partial charge in [-0.25, -0.2) is 4.98 Å². The van der Waals surface area contributed by atoms with Crippen molar-refractivity contribution in [3.63, 3.8) is 0 Å². The Hall–Kier alpha value is -3.65. The third-order valence-electron chi connectivity index (χ3n) is 9.28. The van der Waals surface area contributed by atoms with Crippen molar-refractivity contribution in [1.82, 2.24) is 9.97 Å². The highest BCUT2D eigenvalue weighted by Gasteiger charge is 2.46. The number of nitrogens with zero attached hydrogens (tertiary/aromatic N) is 3. The second kappa shape index (κ2) is 13.6. The van der Waals surface area contributed by atoms with Crippen LogP contribution in [0.3, 0.4) is 0 Å². The smallest absolute Gasteiger partial charge is 0.223 e. The van der Waals surface area contributed by atoms with Crippen LogP contribution in [0.4, 0.5) is 5.69 Å². The summed E-state index contributed by atoms with van der Waals surface area (Å²) < 4.78 is 14.5. The predicted molar refractivity (Wildman–Crippen MR) is 189 cm³/mol. The number of anilines is 1. The lowest BCUT2D eigenvalue weighted by Gasteiger charge is -2.45. The minimum atomic E-state index is -0.490. The van der Waals surface area contributed by atoms with E-state index in [1.54, 1.807) is 11.8 Å². The Morgan fingerprint density at radius 3 is 2.13 bits per heavy atom. The van der Waals surface area contributed by atoms with Gasteiger partial charge in [-0.3, -0.25) is 0 Å². The van der Waals surface area contributed by atoms with Crippen LogP contribution in [0, 0.1) is 0 Å². The molecule has 1 aliphatic carbocycles. The summed E-state index contributed by atoms with van der Waals surface area (Å²) in [5, 5.41) is 0.730. The molecule has 0 N–H and O–H groups in total. The Labute approximate surface area is 284 Å². The number of ether oxygens (including phenoxy) is 2. The molecule has 234 valence electrons. The minimum absolute atomic E-state index is 0.413. The fourth-order valence-corrected chi connectivity index (χ4v) is 8.18. The lowest BCUT2D eigenvalue weighted by Crippen LogP contribution is -2.41. The molecule has 46 heavy (non-hydrogen) atoms. The molecule has 1 aliphatic heterocycles. The van der Waals surface area contributed by atoms with Crippen molar-refractivity contribution in [2.75, 3.05) is 11.2 Å². The van der Waals surface area contributed by atoms with Crippen LogP contribution in [0.15, 0.2) is 113 Å². The first-order valence-corrected chi connectivity index (χ1v) is 17.9. The Balaban J connectivity index is 1.27. The first-order chi connectivity index (χ1) is 22.5. The van der Waals surface area contributed by atoms with E-state index in [1.165, 1.54) is 27.9 Å². The normalized spacial score (nSPS) is 18.5. The summed E-state index contributed by atoms with van der Waals surface area (Å²) in [5.41, 5.74) is 8.94. The van der Waals surface area contributed by atoms with E-state index >= 15 is 0 Å². The third kappa shape index (κ3) is 6.33. The maximum Gasteiger partial charge on any atom is 0.223 e. The van der Waals surface area contributed by atoms with Crippen molar-refractivity contribution in [2.24, 2.45) is 0 Å². The second-order valence-corrected chi connectivity index (χ2v) is 13.9. The molecule has 0 unspecified atom stereocenters. The molecule has 2 heterocycles. The number of aromatic nitrogens is 2. The summed E-state index contributed by atoms with van der Waals surface area (Å²) >= 11 is 5.73. The Kier molecular flexibility index (Phi) is 9.16. The summed E-state index contributed by atoms with van der Waals surface area (Å²) in [6, 6.07) is 36.3. The first-order valence-electron chi connectivity index (χ1n) is 15.9. The predicted octanol–water partition coefficient (Wildman–Crippen LogP) is 9.61. The Bertz CT molecular complexity index is 1760. The maximum absolute atomic E-state index is 7.01. The largest absolute Gasteiger partial charge is 0.472 e. The van der Waals surface area contributed by atoms with Gasteiger partial charge < -0.3 is 14.4 Å². The first kappa shape index (κ1) is 31.0.